The molecule has 0 aliphatic carbocycles. The Morgan fingerprint density at radius 1 is 1.32 bits per heavy atom. The lowest BCUT2D eigenvalue weighted by atomic mass is 9.89. The first-order valence-electron chi connectivity index (χ1n) is 8.48. The summed E-state index contributed by atoms with van der Waals surface area (Å²) >= 11 is 0. The molecule has 4 heteroatoms. The van der Waals surface area contributed by atoms with E-state index in [0.29, 0.717) is 11.9 Å². The third-order valence-electron chi connectivity index (χ3n) is 4.23. The Hall–Kier alpha value is -1.55. The molecule has 1 aromatic rings. The van der Waals surface area contributed by atoms with Crippen LogP contribution in [0.2, 0.25) is 0 Å². The van der Waals surface area contributed by atoms with Crippen LogP contribution < -0.4 is 11.1 Å². The second-order valence-corrected chi connectivity index (χ2v) is 6.02. The van der Waals surface area contributed by atoms with Crippen molar-refractivity contribution >= 4 is 5.96 Å². The molecule has 0 spiro atoms. The van der Waals surface area contributed by atoms with Crippen molar-refractivity contribution in [1.82, 2.24) is 5.32 Å². The molecule has 0 radical (unpaired) electrons. The molecule has 1 aliphatic rings. The van der Waals surface area contributed by atoms with Crippen LogP contribution >= 0.6 is 0 Å². The molecule has 122 valence electrons. The summed E-state index contributed by atoms with van der Waals surface area (Å²) in [5.41, 5.74) is 7.35. The van der Waals surface area contributed by atoms with Crippen LogP contribution in [0.1, 0.15) is 50.6 Å². The maximum absolute atomic E-state index is 6.07. The largest absolute Gasteiger partial charge is 0.381 e. The highest BCUT2D eigenvalue weighted by Gasteiger charge is 2.20. The van der Waals surface area contributed by atoms with Gasteiger partial charge in [-0.2, -0.15) is 0 Å². The average Bonchev–Trinajstić information content (AvgIpc) is 2.56. The fraction of sp³-hybridized carbons (Fsp3) is 0.611. The van der Waals surface area contributed by atoms with Gasteiger partial charge in [0, 0.05) is 19.8 Å². The van der Waals surface area contributed by atoms with Crippen LogP contribution in [-0.2, 0) is 4.74 Å². The van der Waals surface area contributed by atoms with E-state index in [1.165, 1.54) is 5.56 Å². The zero-order chi connectivity index (χ0) is 15.6. The van der Waals surface area contributed by atoms with Crippen molar-refractivity contribution in [3.63, 3.8) is 0 Å². The summed E-state index contributed by atoms with van der Waals surface area (Å²) in [5, 5.41) is 3.43. The van der Waals surface area contributed by atoms with Gasteiger partial charge in [-0.3, -0.25) is 4.99 Å². The summed E-state index contributed by atoms with van der Waals surface area (Å²) in [6.45, 7) is 4.73. The maximum atomic E-state index is 6.07. The number of ether oxygens (including phenoxy) is 1. The summed E-state index contributed by atoms with van der Waals surface area (Å²) in [7, 11) is 0. The van der Waals surface area contributed by atoms with Gasteiger partial charge in [0.05, 0.1) is 6.04 Å². The topological polar surface area (TPSA) is 59.6 Å². The van der Waals surface area contributed by atoms with Gasteiger partial charge in [0.25, 0.3) is 0 Å². The van der Waals surface area contributed by atoms with Crippen molar-refractivity contribution in [3.05, 3.63) is 35.9 Å². The van der Waals surface area contributed by atoms with E-state index < -0.39 is 0 Å². The highest BCUT2D eigenvalue weighted by atomic mass is 16.5. The molecular weight excluding hydrogens is 274 g/mol. The molecule has 1 heterocycles. The van der Waals surface area contributed by atoms with E-state index in [1.807, 2.05) is 6.07 Å². The van der Waals surface area contributed by atoms with E-state index in [0.717, 1.165) is 51.9 Å². The predicted octanol–water partition coefficient (Wildman–Crippen LogP) is 3.25. The first-order valence-corrected chi connectivity index (χ1v) is 8.48. The van der Waals surface area contributed by atoms with E-state index in [9.17, 15) is 0 Å². The van der Waals surface area contributed by atoms with Gasteiger partial charge in [-0.1, -0.05) is 43.7 Å². The van der Waals surface area contributed by atoms with Crippen LogP contribution in [0, 0.1) is 5.92 Å². The molecule has 22 heavy (non-hydrogen) atoms. The number of guanidine groups is 1. The highest BCUT2D eigenvalue weighted by Crippen LogP contribution is 2.27. The number of rotatable bonds is 7. The normalized spacial score (nSPS) is 18.1. The lowest BCUT2D eigenvalue weighted by molar-refractivity contribution is 0.0612. The van der Waals surface area contributed by atoms with Crippen molar-refractivity contribution in [2.75, 3.05) is 19.8 Å². The van der Waals surface area contributed by atoms with E-state index in [2.05, 4.69) is 41.5 Å². The molecule has 1 atom stereocenters. The SMILES string of the molecule is CCCCN=C(N)NC(CC1CCOCC1)c1ccccc1. The van der Waals surface area contributed by atoms with Crippen LogP contribution in [0.25, 0.3) is 0 Å². The fourth-order valence-corrected chi connectivity index (χ4v) is 2.86. The number of nitrogens with zero attached hydrogens (tertiary/aromatic N) is 1. The molecule has 0 saturated carbocycles. The number of aliphatic imine (C=N–C) groups is 1. The molecule has 1 aromatic carbocycles. The number of unbranched alkanes of at least 4 members (excludes halogenated alkanes) is 1. The third kappa shape index (κ3) is 5.68. The van der Waals surface area contributed by atoms with Gasteiger partial charge in [-0.05, 0) is 37.2 Å². The number of nitrogens with one attached hydrogen (secondary N) is 1. The quantitative estimate of drug-likeness (QED) is 0.462. The number of benzene rings is 1. The number of hydrogen-bond donors (Lipinski definition) is 2. The number of hydrogen-bond acceptors (Lipinski definition) is 2. The second kappa shape index (κ2) is 9.46. The first kappa shape index (κ1) is 16.8. The Morgan fingerprint density at radius 3 is 2.73 bits per heavy atom. The maximum Gasteiger partial charge on any atom is 0.189 e. The van der Waals surface area contributed by atoms with Gasteiger partial charge in [-0.25, -0.2) is 0 Å². The minimum Gasteiger partial charge on any atom is -0.381 e. The Bertz CT molecular complexity index is 441. The molecule has 4 nitrogen and oxygen atoms in total. The summed E-state index contributed by atoms with van der Waals surface area (Å²) in [6.07, 6.45) is 5.58. The van der Waals surface area contributed by atoms with Gasteiger partial charge < -0.3 is 15.8 Å². The van der Waals surface area contributed by atoms with Crippen LogP contribution in [-0.4, -0.2) is 25.7 Å². The molecule has 0 bridgehead atoms. The van der Waals surface area contributed by atoms with Crippen LogP contribution in [0.3, 0.4) is 0 Å². The summed E-state index contributed by atoms with van der Waals surface area (Å²) in [5.74, 6) is 1.25. The van der Waals surface area contributed by atoms with Crippen molar-refractivity contribution in [3.8, 4) is 0 Å². The van der Waals surface area contributed by atoms with E-state index >= 15 is 0 Å². The highest BCUT2D eigenvalue weighted by molar-refractivity contribution is 5.78. The van der Waals surface area contributed by atoms with Crippen LogP contribution in [0.15, 0.2) is 35.3 Å². The zero-order valence-corrected chi connectivity index (χ0v) is 13.6. The van der Waals surface area contributed by atoms with Gasteiger partial charge in [0.15, 0.2) is 5.96 Å². The summed E-state index contributed by atoms with van der Waals surface area (Å²) in [6, 6.07) is 10.8. The second-order valence-electron chi connectivity index (χ2n) is 6.02. The smallest absolute Gasteiger partial charge is 0.189 e. The van der Waals surface area contributed by atoms with Gasteiger partial charge >= 0.3 is 0 Å². The summed E-state index contributed by atoms with van der Waals surface area (Å²) < 4.78 is 5.46. The van der Waals surface area contributed by atoms with Crippen LogP contribution in [0.5, 0.6) is 0 Å². The molecular formula is C18H29N3O. The van der Waals surface area contributed by atoms with Crippen molar-refractivity contribution in [2.24, 2.45) is 16.6 Å². The molecule has 1 saturated heterocycles. The monoisotopic (exact) mass is 303 g/mol. The van der Waals surface area contributed by atoms with E-state index in [-0.39, 0.29) is 6.04 Å². The van der Waals surface area contributed by atoms with Crippen LogP contribution in [0.4, 0.5) is 0 Å². The molecule has 0 amide bonds. The molecule has 1 aliphatic heterocycles. The minimum absolute atomic E-state index is 0.231. The first-order chi connectivity index (χ1) is 10.8. The Balaban J connectivity index is 1.99. The van der Waals surface area contributed by atoms with Crippen molar-refractivity contribution in [2.45, 2.75) is 45.1 Å². The molecule has 0 aromatic heterocycles. The lowest BCUT2D eigenvalue weighted by Crippen LogP contribution is -2.36. The summed E-state index contributed by atoms with van der Waals surface area (Å²) in [4.78, 5) is 4.43. The lowest BCUT2D eigenvalue weighted by Gasteiger charge is -2.28. The Labute approximate surface area is 134 Å². The molecule has 3 N–H and O–H groups in total. The van der Waals surface area contributed by atoms with Gasteiger partial charge in [-0.15, -0.1) is 0 Å². The Kier molecular flexibility index (Phi) is 7.23. The zero-order valence-electron chi connectivity index (χ0n) is 13.6. The van der Waals surface area contributed by atoms with E-state index in [1.54, 1.807) is 0 Å². The third-order valence-corrected chi connectivity index (χ3v) is 4.23. The van der Waals surface area contributed by atoms with Gasteiger partial charge in [0.2, 0.25) is 0 Å². The molecule has 2 rings (SSSR count). The van der Waals surface area contributed by atoms with Crippen molar-refractivity contribution in [1.29, 1.82) is 0 Å². The van der Waals surface area contributed by atoms with E-state index in [4.69, 9.17) is 10.5 Å². The standard InChI is InChI=1S/C18H29N3O/c1-2-3-11-20-18(19)21-17(16-7-5-4-6-8-16)14-15-9-12-22-13-10-15/h4-8,15,17H,2-3,9-14H2,1H3,(H3,19,20,21). The predicted molar refractivity (Wildman–Crippen MR) is 91.9 cm³/mol. The van der Waals surface area contributed by atoms with Crippen molar-refractivity contribution < 1.29 is 4.74 Å². The minimum atomic E-state index is 0.231. The molecule has 1 fully saturated rings. The average molecular weight is 303 g/mol. The van der Waals surface area contributed by atoms with Gasteiger partial charge in [0.1, 0.15) is 0 Å². The number of nitrogens with two attached hydrogens (primary N) is 1. The Morgan fingerprint density at radius 2 is 2.05 bits per heavy atom. The fourth-order valence-electron chi connectivity index (χ4n) is 2.86. The molecule has 1 unspecified atom stereocenters.